The summed E-state index contributed by atoms with van der Waals surface area (Å²) < 4.78 is 22.4. The number of rotatable bonds is 12. The number of hydrogen-bond donors (Lipinski definition) is 2. The van der Waals surface area contributed by atoms with Crippen LogP contribution in [-0.2, 0) is 15.9 Å². The van der Waals surface area contributed by atoms with Crippen molar-refractivity contribution in [2.24, 2.45) is 4.99 Å². The summed E-state index contributed by atoms with van der Waals surface area (Å²) in [6.07, 6.45) is 3.09. The van der Waals surface area contributed by atoms with Gasteiger partial charge in [0.15, 0.2) is 17.5 Å². The molecule has 0 bridgehead atoms. The second-order valence-electron chi connectivity index (χ2n) is 6.53. The van der Waals surface area contributed by atoms with Crippen LogP contribution in [-0.4, -0.2) is 65.2 Å². The third-order valence-electron chi connectivity index (χ3n) is 4.39. The van der Waals surface area contributed by atoms with Crippen LogP contribution in [0.25, 0.3) is 0 Å². The van der Waals surface area contributed by atoms with Gasteiger partial charge in [-0.3, -0.25) is 4.99 Å². The lowest BCUT2D eigenvalue weighted by Crippen LogP contribution is -2.39. The van der Waals surface area contributed by atoms with E-state index in [0.717, 1.165) is 69.6 Å². The number of ether oxygens (including phenoxy) is 4. The molecule has 2 rings (SSSR count). The molecule has 0 saturated carbocycles. The van der Waals surface area contributed by atoms with Crippen molar-refractivity contribution >= 4 is 5.96 Å². The monoisotopic (exact) mass is 393 g/mol. The molecule has 7 heteroatoms. The molecule has 158 valence electrons. The summed E-state index contributed by atoms with van der Waals surface area (Å²) in [5, 5.41) is 6.67. The molecule has 1 atom stereocenters. The highest BCUT2D eigenvalue weighted by Crippen LogP contribution is 2.28. The van der Waals surface area contributed by atoms with Crippen LogP contribution >= 0.6 is 0 Å². The van der Waals surface area contributed by atoms with Crippen LogP contribution in [0, 0.1) is 0 Å². The standard InChI is InChI=1S/C21H35N3O4/c1-4-26-19-8-7-17(15-20(19)27-5-2)9-12-24-21(22-3)23-11-6-13-28-18-10-14-25-16-18/h7-8,15,18H,4-6,9-14,16H2,1-3H3,(H2,22,23,24). The summed E-state index contributed by atoms with van der Waals surface area (Å²) in [5.74, 6) is 2.40. The molecule has 1 fully saturated rings. The zero-order valence-corrected chi connectivity index (χ0v) is 17.5. The lowest BCUT2D eigenvalue weighted by molar-refractivity contribution is 0.0420. The molecule has 0 radical (unpaired) electrons. The minimum absolute atomic E-state index is 0.271. The minimum Gasteiger partial charge on any atom is -0.490 e. The largest absolute Gasteiger partial charge is 0.490 e. The van der Waals surface area contributed by atoms with Crippen LogP contribution in [0.4, 0.5) is 0 Å². The Balaban J connectivity index is 1.66. The van der Waals surface area contributed by atoms with Crippen LogP contribution in [0.1, 0.15) is 32.3 Å². The molecule has 1 saturated heterocycles. The normalized spacial score (nSPS) is 16.8. The Morgan fingerprint density at radius 1 is 1.14 bits per heavy atom. The summed E-state index contributed by atoms with van der Waals surface area (Å²) in [4.78, 5) is 4.27. The third-order valence-corrected chi connectivity index (χ3v) is 4.39. The first kappa shape index (κ1) is 22.3. The number of guanidine groups is 1. The fourth-order valence-electron chi connectivity index (χ4n) is 2.97. The molecule has 0 aliphatic carbocycles. The van der Waals surface area contributed by atoms with Gasteiger partial charge in [-0.1, -0.05) is 6.07 Å². The van der Waals surface area contributed by atoms with Gasteiger partial charge in [0.2, 0.25) is 0 Å². The van der Waals surface area contributed by atoms with Crippen molar-refractivity contribution in [1.82, 2.24) is 10.6 Å². The Bertz CT molecular complexity index is 589. The second kappa shape index (κ2) is 13.2. The molecular weight excluding hydrogens is 358 g/mol. The summed E-state index contributed by atoms with van der Waals surface area (Å²) in [7, 11) is 1.78. The molecule has 2 N–H and O–H groups in total. The van der Waals surface area contributed by atoms with Crippen molar-refractivity contribution in [3.8, 4) is 11.5 Å². The fourth-order valence-corrected chi connectivity index (χ4v) is 2.97. The van der Waals surface area contributed by atoms with Crippen LogP contribution in [0.3, 0.4) is 0 Å². The van der Waals surface area contributed by atoms with Gasteiger partial charge in [-0.25, -0.2) is 0 Å². The van der Waals surface area contributed by atoms with Gasteiger partial charge in [0, 0.05) is 33.4 Å². The first-order chi connectivity index (χ1) is 13.8. The molecule has 1 aliphatic rings. The zero-order valence-electron chi connectivity index (χ0n) is 17.5. The van der Waals surface area contributed by atoms with Gasteiger partial charge in [0.1, 0.15) is 0 Å². The quantitative estimate of drug-likeness (QED) is 0.323. The Labute approximate surface area is 168 Å². The summed E-state index contributed by atoms with van der Waals surface area (Å²) in [5.41, 5.74) is 1.20. The molecule has 1 aromatic carbocycles. The number of nitrogens with zero attached hydrogens (tertiary/aromatic N) is 1. The fraction of sp³-hybridized carbons (Fsp3) is 0.667. The van der Waals surface area contributed by atoms with Crippen LogP contribution in [0.2, 0.25) is 0 Å². The topological polar surface area (TPSA) is 73.3 Å². The Kier molecular flexibility index (Phi) is 10.5. The SMILES string of the molecule is CCOc1ccc(CCNC(=NC)NCCCOC2CCOC2)cc1OCC. The van der Waals surface area contributed by atoms with Crippen LogP contribution < -0.4 is 20.1 Å². The number of benzene rings is 1. The Morgan fingerprint density at radius 2 is 1.93 bits per heavy atom. The van der Waals surface area contributed by atoms with E-state index < -0.39 is 0 Å². The van der Waals surface area contributed by atoms with Crippen molar-refractivity contribution < 1.29 is 18.9 Å². The van der Waals surface area contributed by atoms with E-state index in [1.54, 1.807) is 7.05 Å². The highest BCUT2D eigenvalue weighted by molar-refractivity contribution is 5.79. The predicted octanol–water partition coefficient (Wildman–Crippen LogP) is 2.39. The highest BCUT2D eigenvalue weighted by Gasteiger charge is 2.15. The highest BCUT2D eigenvalue weighted by atomic mass is 16.5. The molecule has 0 spiro atoms. The van der Waals surface area contributed by atoms with Crippen LogP contribution in [0.5, 0.6) is 11.5 Å². The zero-order chi connectivity index (χ0) is 20.0. The van der Waals surface area contributed by atoms with Gasteiger partial charge in [-0.05, 0) is 50.8 Å². The molecule has 1 unspecified atom stereocenters. The maximum atomic E-state index is 5.77. The lowest BCUT2D eigenvalue weighted by atomic mass is 10.1. The van der Waals surface area contributed by atoms with Gasteiger partial charge in [0.05, 0.1) is 25.9 Å². The van der Waals surface area contributed by atoms with E-state index in [9.17, 15) is 0 Å². The van der Waals surface area contributed by atoms with Gasteiger partial charge in [0.25, 0.3) is 0 Å². The predicted molar refractivity (Wildman–Crippen MR) is 112 cm³/mol. The molecule has 1 aliphatic heterocycles. The van der Waals surface area contributed by atoms with Gasteiger partial charge in [-0.2, -0.15) is 0 Å². The summed E-state index contributed by atoms with van der Waals surface area (Å²) in [6.45, 7) is 9.10. The van der Waals surface area contributed by atoms with E-state index in [0.29, 0.717) is 13.2 Å². The summed E-state index contributed by atoms with van der Waals surface area (Å²) >= 11 is 0. The number of aliphatic imine (C=N–C) groups is 1. The van der Waals surface area contributed by atoms with Gasteiger partial charge >= 0.3 is 0 Å². The van der Waals surface area contributed by atoms with E-state index in [2.05, 4.69) is 27.8 Å². The maximum absolute atomic E-state index is 5.77. The van der Waals surface area contributed by atoms with E-state index in [-0.39, 0.29) is 6.10 Å². The van der Waals surface area contributed by atoms with Crippen molar-refractivity contribution in [2.75, 3.05) is 53.2 Å². The van der Waals surface area contributed by atoms with Crippen molar-refractivity contribution in [1.29, 1.82) is 0 Å². The molecule has 28 heavy (non-hydrogen) atoms. The van der Waals surface area contributed by atoms with E-state index in [4.69, 9.17) is 18.9 Å². The van der Waals surface area contributed by atoms with Crippen molar-refractivity contribution in [3.63, 3.8) is 0 Å². The second-order valence-corrected chi connectivity index (χ2v) is 6.53. The minimum atomic E-state index is 0.271. The molecule has 0 aromatic heterocycles. The first-order valence-electron chi connectivity index (χ1n) is 10.3. The van der Waals surface area contributed by atoms with Crippen molar-refractivity contribution in [3.05, 3.63) is 23.8 Å². The molecule has 7 nitrogen and oxygen atoms in total. The molecule has 0 amide bonds. The van der Waals surface area contributed by atoms with E-state index in [1.807, 2.05) is 19.9 Å². The molecular formula is C21H35N3O4. The smallest absolute Gasteiger partial charge is 0.190 e. The lowest BCUT2D eigenvalue weighted by Gasteiger charge is -2.14. The van der Waals surface area contributed by atoms with Gasteiger partial charge in [-0.15, -0.1) is 0 Å². The maximum Gasteiger partial charge on any atom is 0.190 e. The first-order valence-corrected chi connectivity index (χ1v) is 10.3. The third kappa shape index (κ3) is 7.94. The van der Waals surface area contributed by atoms with Gasteiger partial charge < -0.3 is 29.6 Å². The van der Waals surface area contributed by atoms with E-state index >= 15 is 0 Å². The summed E-state index contributed by atoms with van der Waals surface area (Å²) in [6, 6.07) is 6.11. The molecule has 1 heterocycles. The average Bonchev–Trinajstić information content (AvgIpc) is 3.22. The average molecular weight is 394 g/mol. The Hall–Kier alpha value is -1.99. The van der Waals surface area contributed by atoms with Crippen LogP contribution in [0.15, 0.2) is 23.2 Å². The number of hydrogen-bond acceptors (Lipinski definition) is 5. The molecule has 1 aromatic rings. The van der Waals surface area contributed by atoms with Crippen molar-refractivity contribution in [2.45, 2.75) is 39.2 Å². The Morgan fingerprint density at radius 3 is 2.64 bits per heavy atom. The number of nitrogens with one attached hydrogen (secondary N) is 2. The van der Waals surface area contributed by atoms with E-state index in [1.165, 1.54) is 5.56 Å².